The van der Waals surface area contributed by atoms with E-state index in [2.05, 4.69) is 0 Å². The summed E-state index contributed by atoms with van der Waals surface area (Å²) in [4.78, 5) is 10.3. The molecule has 1 aromatic rings. The van der Waals surface area contributed by atoms with Crippen molar-refractivity contribution in [1.82, 2.24) is 4.31 Å². The van der Waals surface area contributed by atoms with E-state index in [4.69, 9.17) is 4.74 Å². The van der Waals surface area contributed by atoms with E-state index in [9.17, 15) is 18.5 Å². The van der Waals surface area contributed by atoms with Crippen LogP contribution in [-0.4, -0.2) is 37.3 Å². The number of nitro groups is 1. The zero-order valence-electron chi connectivity index (χ0n) is 13.7. The Labute approximate surface area is 141 Å². The highest BCUT2D eigenvalue weighted by molar-refractivity contribution is 7.89. The standard InChI is InChI=1S/C16H22N2O5S/c1-23-15-9-8-13(18(19)20)11-16(15)24(21,22)17-10-4-6-12-5-2-3-7-14(12)17/h8-9,11-12,14H,2-7,10H2,1H3. The summed E-state index contributed by atoms with van der Waals surface area (Å²) in [5.41, 5.74) is -0.244. The van der Waals surface area contributed by atoms with Gasteiger partial charge in [-0.2, -0.15) is 4.31 Å². The summed E-state index contributed by atoms with van der Waals surface area (Å²) in [5.74, 6) is 0.547. The van der Waals surface area contributed by atoms with Crippen molar-refractivity contribution >= 4 is 15.7 Å². The summed E-state index contributed by atoms with van der Waals surface area (Å²) in [7, 11) is -2.45. The van der Waals surface area contributed by atoms with E-state index in [1.807, 2.05) is 0 Å². The average molecular weight is 354 g/mol. The van der Waals surface area contributed by atoms with E-state index in [0.29, 0.717) is 12.5 Å². The van der Waals surface area contributed by atoms with E-state index in [0.717, 1.165) is 44.6 Å². The zero-order valence-corrected chi connectivity index (χ0v) is 14.5. The maximum atomic E-state index is 13.2. The normalized spacial score (nSPS) is 25.0. The van der Waals surface area contributed by atoms with Gasteiger partial charge in [-0.1, -0.05) is 12.8 Å². The molecule has 1 saturated carbocycles. The molecule has 7 nitrogen and oxygen atoms in total. The Kier molecular flexibility index (Phi) is 4.78. The molecule has 1 aliphatic carbocycles. The Bertz CT molecular complexity index is 732. The molecule has 1 aliphatic heterocycles. The van der Waals surface area contributed by atoms with Crippen molar-refractivity contribution in [2.24, 2.45) is 5.92 Å². The fourth-order valence-electron chi connectivity index (χ4n) is 3.98. The van der Waals surface area contributed by atoms with E-state index in [1.54, 1.807) is 4.31 Å². The van der Waals surface area contributed by atoms with Crippen LogP contribution >= 0.6 is 0 Å². The minimum atomic E-state index is -3.83. The highest BCUT2D eigenvalue weighted by Gasteiger charge is 2.41. The second-order valence-electron chi connectivity index (χ2n) is 6.46. The Morgan fingerprint density at radius 1 is 1.21 bits per heavy atom. The second-order valence-corrected chi connectivity index (χ2v) is 8.32. The van der Waals surface area contributed by atoms with Crippen molar-refractivity contribution in [2.45, 2.75) is 49.5 Å². The van der Waals surface area contributed by atoms with Gasteiger partial charge >= 0.3 is 0 Å². The van der Waals surface area contributed by atoms with Crippen molar-refractivity contribution in [3.05, 3.63) is 28.3 Å². The summed E-state index contributed by atoms with van der Waals surface area (Å²) < 4.78 is 33.2. The van der Waals surface area contributed by atoms with Gasteiger partial charge in [-0.15, -0.1) is 0 Å². The Balaban J connectivity index is 2.03. The molecular weight excluding hydrogens is 332 g/mol. The van der Waals surface area contributed by atoms with Crippen LogP contribution in [0.3, 0.4) is 0 Å². The first-order valence-corrected chi connectivity index (χ1v) is 9.73. The third-order valence-corrected chi connectivity index (χ3v) is 7.08. The molecule has 0 radical (unpaired) electrons. The molecule has 2 aliphatic rings. The quantitative estimate of drug-likeness (QED) is 0.612. The smallest absolute Gasteiger partial charge is 0.271 e. The molecule has 1 saturated heterocycles. The monoisotopic (exact) mass is 354 g/mol. The predicted octanol–water partition coefficient (Wildman–Crippen LogP) is 2.95. The van der Waals surface area contributed by atoms with Crippen molar-refractivity contribution in [3.8, 4) is 5.75 Å². The van der Waals surface area contributed by atoms with E-state index >= 15 is 0 Å². The molecular formula is C16H22N2O5S. The fourth-order valence-corrected chi connectivity index (χ4v) is 5.92. The summed E-state index contributed by atoms with van der Waals surface area (Å²) in [6, 6.07) is 3.73. The molecule has 0 bridgehead atoms. The number of piperidine rings is 1. The number of hydrogen-bond acceptors (Lipinski definition) is 5. The maximum absolute atomic E-state index is 13.2. The summed E-state index contributed by atoms with van der Waals surface area (Å²) in [6.45, 7) is 0.468. The van der Waals surface area contributed by atoms with Crippen molar-refractivity contribution in [3.63, 3.8) is 0 Å². The molecule has 0 aromatic heterocycles. The third-order valence-electron chi connectivity index (χ3n) is 5.14. The van der Waals surface area contributed by atoms with E-state index in [1.165, 1.54) is 19.2 Å². The molecule has 2 fully saturated rings. The van der Waals surface area contributed by atoms with Gasteiger partial charge in [0, 0.05) is 24.7 Å². The van der Waals surface area contributed by atoms with Gasteiger partial charge in [0.05, 0.1) is 12.0 Å². The molecule has 3 rings (SSSR count). The second kappa shape index (κ2) is 6.68. The lowest BCUT2D eigenvalue weighted by Crippen LogP contribution is -2.49. The summed E-state index contributed by atoms with van der Waals surface area (Å²) >= 11 is 0. The molecule has 8 heteroatoms. The number of ether oxygens (including phenoxy) is 1. The third kappa shape index (κ3) is 3.00. The van der Waals surface area contributed by atoms with Crippen LogP contribution in [0.25, 0.3) is 0 Å². The first-order valence-electron chi connectivity index (χ1n) is 8.29. The van der Waals surface area contributed by atoms with Crippen LogP contribution in [-0.2, 0) is 10.0 Å². The SMILES string of the molecule is COc1ccc([N+](=O)[O-])cc1S(=O)(=O)N1CCCC2CCCCC21. The number of rotatable bonds is 4. The molecule has 0 amide bonds. The number of sulfonamides is 1. The average Bonchev–Trinajstić information content (AvgIpc) is 2.60. The van der Waals surface area contributed by atoms with Crippen LogP contribution in [0.2, 0.25) is 0 Å². The Morgan fingerprint density at radius 2 is 1.92 bits per heavy atom. The fraction of sp³-hybridized carbons (Fsp3) is 0.625. The van der Waals surface area contributed by atoms with Crippen LogP contribution < -0.4 is 4.74 Å². The molecule has 24 heavy (non-hydrogen) atoms. The number of non-ortho nitro benzene ring substituents is 1. The van der Waals surface area contributed by atoms with Gasteiger partial charge in [0.25, 0.3) is 5.69 Å². The van der Waals surface area contributed by atoms with Crippen molar-refractivity contribution < 1.29 is 18.1 Å². The van der Waals surface area contributed by atoms with Crippen LogP contribution in [0.5, 0.6) is 5.75 Å². The molecule has 1 heterocycles. The van der Waals surface area contributed by atoms with E-state index < -0.39 is 14.9 Å². The number of methoxy groups -OCH3 is 1. The van der Waals surface area contributed by atoms with Gasteiger partial charge in [0.2, 0.25) is 10.0 Å². The lowest BCUT2D eigenvalue weighted by molar-refractivity contribution is -0.385. The topological polar surface area (TPSA) is 89.7 Å². The molecule has 1 aromatic carbocycles. The molecule has 0 N–H and O–H groups in total. The number of benzene rings is 1. The number of nitro benzene ring substituents is 1. The first-order chi connectivity index (χ1) is 11.4. The summed E-state index contributed by atoms with van der Waals surface area (Å²) in [5, 5.41) is 11.0. The lowest BCUT2D eigenvalue weighted by Gasteiger charge is -2.43. The van der Waals surface area contributed by atoms with Crippen LogP contribution in [0.1, 0.15) is 38.5 Å². The zero-order chi connectivity index (χ0) is 17.3. The first kappa shape index (κ1) is 17.2. The number of nitrogens with zero attached hydrogens (tertiary/aromatic N) is 2. The maximum Gasteiger partial charge on any atom is 0.271 e. The van der Waals surface area contributed by atoms with Crippen molar-refractivity contribution in [1.29, 1.82) is 0 Å². The van der Waals surface area contributed by atoms with Gasteiger partial charge in [0.1, 0.15) is 10.6 Å². The molecule has 2 unspecified atom stereocenters. The van der Waals surface area contributed by atoms with Gasteiger partial charge < -0.3 is 4.74 Å². The Morgan fingerprint density at radius 3 is 2.62 bits per heavy atom. The Hall–Kier alpha value is -1.67. The van der Waals surface area contributed by atoms with Crippen LogP contribution in [0.15, 0.2) is 23.1 Å². The van der Waals surface area contributed by atoms with Crippen LogP contribution in [0, 0.1) is 16.0 Å². The number of fused-ring (bicyclic) bond motifs is 1. The summed E-state index contributed by atoms with van der Waals surface area (Å²) in [6.07, 6.45) is 5.98. The minimum Gasteiger partial charge on any atom is -0.495 e. The van der Waals surface area contributed by atoms with Gasteiger partial charge in [-0.05, 0) is 37.7 Å². The molecule has 2 atom stereocenters. The minimum absolute atomic E-state index is 0.00136. The molecule has 0 spiro atoms. The lowest BCUT2D eigenvalue weighted by atomic mass is 9.79. The molecule has 132 valence electrons. The van der Waals surface area contributed by atoms with Gasteiger partial charge in [-0.3, -0.25) is 10.1 Å². The van der Waals surface area contributed by atoms with Crippen LogP contribution in [0.4, 0.5) is 5.69 Å². The van der Waals surface area contributed by atoms with Crippen molar-refractivity contribution in [2.75, 3.05) is 13.7 Å². The van der Waals surface area contributed by atoms with E-state index in [-0.39, 0.29) is 22.4 Å². The largest absolute Gasteiger partial charge is 0.495 e. The highest BCUT2D eigenvalue weighted by atomic mass is 32.2. The number of hydrogen-bond donors (Lipinski definition) is 0. The predicted molar refractivity (Wildman–Crippen MR) is 88.5 cm³/mol. The van der Waals surface area contributed by atoms with Gasteiger partial charge in [-0.25, -0.2) is 8.42 Å². The highest BCUT2D eigenvalue weighted by Crippen LogP contribution is 2.40. The van der Waals surface area contributed by atoms with Gasteiger partial charge in [0.15, 0.2) is 0 Å².